The zero-order chi connectivity index (χ0) is 9.82. The van der Waals surface area contributed by atoms with E-state index in [1.165, 1.54) is 0 Å². The van der Waals surface area contributed by atoms with E-state index in [2.05, 4.69) is 37.2 Å². The molecule has 4 nitrogen and oxygen atoms in total. The fourth-order valence-electron chi connectivity index (χ4n) is 0.760. The Hall–Kier alpha value is 1.30. The van der Waals surface area contributed by atoms with Crippen molar-refractivity contribution in [3.63, 3.8) is 0 Å². The first kappa shape index (κ1) is 15.8. The highest BCUT2D eigenvalue weighted by molar-refractivity contribution is 15.0. The molecule has 0 atom stereocenters. The van der Waals surface area contributed by atoms with Crippen LogP contribution in [0.2, 0.25) is 0 Å². The molecule has 0 fully saturated rings. The number of halogens is 2. The summed E-state index contributed by atoms with van der Waals surface area (Å²) in [6, 6.07) is 0. The number of hydrogen-bond donors (Lipinski definition) is 3. The Morgan fingerprint density at radius 1 is 0.750 bits per heavy atom. The van der Waals surface area contributed by atoms with Crippen molar-refractivity contribution in [3.05, 3.63) is 0 Å². The van der Waals surface area contributed by atoms with Gasteiger partial charge in [-0.25, -0.2) is 0 Å². The summed E-state index contributed by atoms with van der Waals surface area (Å²) in [4.78, 5) is 1.79. The zero-order valence-electron chi connectivity index (χ0n) is 6.79. The second kappa shape index (κ2) is 14.8. The average Bonchev–Trinajstić information content (AvgIpc) is 2.10. The monoisotopic (exact) mass is 403 g/mol. The molecule has 0 aromatic rings. The normalized spacial score (nSPS) is 9.50. The fraction of sp³-hybridized carbons (Fsp3) is 1.00. The number of hydrogen-bond acceptors (Lipinski definition) is 4. The minimum absolute atomic E-state index is 0.0694. The minimum Gasteiger partial charge on any atom is -0.395 e. The van der Waals surface area contributed by atoms with Gasteiger partial charge in [0.1, 0.15) is 0 Å². The Labute approximate surface area is 96.3 Å². The lowest BCUT2D eigenvalue weighted by Gasteiger charge is -2.17. The summed E-state index contributed by atoms with van der Waals surface area (Å²) in [5.41, 5.74) is 0. The molecule has 0 unspecified atom stereocenters. The molecule has 12 heavy (non-hydrogen) atoms. The van der Waals surface area contributed by atoms with Crippen LogP contribution in [0.3, 0.4) is 0 Å². The highest BCUT2D eigenvalue weighted by Crippen LogP contribution is 1.89. The van der Waals surface area contributed by atoms with Crippen LogP contribution in [0.15, 0.2) is 0 Å². The van der Waals surface area contributed by atoms with Crippen molar-refractivity contribution in [2.45, 2.75) is 0 Å². The summed E-state index contributed by atoms with van der Waals surface area (Å²) in [5, 5.41) is 25.5. The predicted molar refractivity (Wildman–Crippen MR) is 65.7 cm³/mol. The Kier molecular flexibility index (Phi) is 19.4. The van der Waals surface area contributed by atoms with Gasteiger partial charge in [-0.05, 0) is 0 Å². The van der Waals surface area contributed by atoms with Crippen molar-refractivity contribution in [2.75, 3.05) is 39.5 Å². The zero-order valence-corrected chi connectivity index (χ0v) is 11.1. The number of rotatable bonds is 6. The predicted octanol–water partition coefficient (Wildman–Crippen LogP) is 0.0367. The molecular weight excluding hydrogens is 388 g/mol. The van der Waals surface area contributed by atoms with Gasteiger partial charge in [0.15, 0.2) is 0 Å². The van der Waals surface area contributed by atoms with Crippen molar-refractivity contribution in [2.24, 2.45) is 0 Å². The quantitative estimate of drug-likeness (QED) is 0.549. The van der Waals surface area contributed by atoms with Gasteiger partial charge in [0.25, 0.3) is 0 Å². The van der Waals surface area contributed by atoms with Crippen molar-refractivity contribution < 1.29 is 15.3 Å². The van der Waals surface area contributed by atoms with Crippen LogP contribution in [0.4, 0.5) is 0 Å². The second-order valence-corrected chi connectivity index (χ2v) is 2.01. The highest BCUT2D eigenvalue weighted by Gasteiger charge is 2.00. The molecule has 0 saturated heterocycles. The maximum Gasteiger partial charge on any atom is 0.0558 e. The van der Waals surface area contributed by atoms with Gasteiger partial charge in [-0.1, -0.05) is 0 Å². The topological polar surface area (TPSA) is 63.9 Å². The molecule has 0 saturated carbocycles. The molecule has 0 aromatic heterocycles. The number of nitrogens with zero attached hydrogens (tertiary/aromatic N) is 1. The van der Waals surface area contributed by atoms with E-state index in [0.717, 1.165) is 0 Å². The summed E-state index contributed by atoms with van der Waals surface area (Å²) >= 11 is 4.24. The van der Waals surface area contributed by atoms with E-state index in [1.54, 1.807) is 4.90 Å². The van der Waals surface area contributed by atoms with Gasteiger partial charge >= 0.3 is 0 Å². The largest absolute Gasteiger partial charge is 0.395 e. The molecule has 0 aromatic carbocycles. The maximum absolute atomic E-state index is 8.48. The van der Waals surface area contributed by atoms with E-state index in [4.69, 9.17) is 15.3 Å². The van der Waals surface area contributed by atoms with Gasteiger partial charge < -0.3 is 15.3 Å². The molecule has 0 heterocycles. The standard InChI is InChI=1S/C6H15NO3.I2/c8-4-1-7(2-5-9)3-6-10;1-2/h8-10H,1-6H2;. The molecule has 0 rings (SSSR count). The van der Waals surface area contributed by atoms with E-state index >= 15 is 0 Å². The summed E-state index contributed by atoms with van der Waals surface area (Å²) < 4.78 is 0. The number of aliphatic hydroxyl groups is 3. The lowest BCUT2D eigenvalue weighted by atomic mass is 10.4. The second-order valence-electron chi connectivity index (χ2n) is 2.01. The van der Waals surface area contributed by atoms with Gasteiger partial charge in [-0.3, -0.25) is 4.90 Å². The molecule has 76 valence electrons. The molecule has 0 aliphatic rings. The van der Waals surface area contributed by atoms with E-state index in [-0.39, 0.29) is 19.8 Å². The third-order valence-electron chi connectivity index (χ3n) is 1.25. The summed E-state index contributed by atoms with van der Waals surface area (Å²) in [7, 11) is 0. The SMILES string of the molecule is II.OCCN(CCO)CCO. The first-order valence-corrected chi connectivity index (χ1v) is 9.83. The van der Waals surface area contributed by atoms with E-state index < -0.39 is 0 Å². The van der Waals surface area contributed by atoms with E-state index in [1.807, 2.05) is 0 Å². The van der Waals surface area contributed by atoms with Crippen molar-refractivity contribution >= 4 is 37.2 Å². The van der Waals surface area contributed by atoms with E-state index in [9.17, 15) is 0 Å². The molecule has 0 spiro atoms. The Morgan fingerprint density at radius 2 is 1.00 bits per heavy atom. The van der Waals surface area contributed by atoms with Gasteiger partial charge in [0.05, 0.1) is 19.8 Å². The van der Waals surface area contributed by atoms with Crippen molar-refractivity contribution in [1.29, 1.82) is 0 Å². The van der Waals surface area contributed by atoms with Gasteiger partial charge in [-0.15, -0.1) is 0 Å². The average molecular weight is 403 g/mol. The third-order valence-corrected chi connectivity index (χ3v) is 1.25. The third kappa shape index (κ3) is 11.3. The van der Waals surface area contributed by atoms with Crippen LogP contribution in [-0.2, 0) is 0 Å². The van der Waals surface area contributed by atoms with Crippen LogP contribution in [0.25, 0.3) is 0 Å². The Balaban J connectivity index is 0. The summed E-state index contributed by atoms with van der Waals surface area (Å²) in [5.74, 6) is 0. The van der Waals surface area contributed by atoms with Gasteiger partial charge in [-0.2, -0.15) is 0 Å². The molecule has 0 aliphatic heterocycles. The van der Waals surface area contributed by atoms with Crippen LogP contribution >= 0.6 is 37.2 Å². The van der Waals surface area contributed by atoms with Crippen molar-refractivity contribution in [3.8, 4) is 0 Å². The Bertz CT molecular complexity index is 63.5. The first-order chi connectivity index (χ1) is 5.85. The molecule has 3 N–H and O–H groups in total. The Morgan fingerprint density at radius 3 is 1.17 bits per heavy atom. The molecule has 6 heteroatoms. The molecular formula is C6H15I2NO3. The molecule has 0 radical (unpaired) electrons. The fourth-order valence-corrected chi connectivity index (χ4v) is 0.760. The van der Waals surface area contributed by atoms with Crippen molar-refractivity contribution in [1.82, 2.24) is 4.90 Å². The highest BCUT2D eigenvalue weighted by atomic mass is 128. The van der Waals surface area contributed by atoms with E-state index in [0.29, 0.717) is 19.6 Å². The van der Waals surface area contributed by atoms with Gasteiger partial charge in [0, 0.05) is 56.9 Å². The smallest absolute Gasteiger partial charge is 0.0558 e. The maximum atomic E-state index is 8.48. The summed E-state index contributed by atoms with van der Waals surface area (Å²) in [6.45, 7) is 1.75. The lowest BCUT2D eigenvalue weighted by Crippen LogP contribution is -2.32. The first-order valence-electron chi connectivity index (χ1n) is 3.54. The molecule has 0 aliphatic carbocycles. The lowest BCUT2D eigenvalue weighted by molar-refractivity contribution is 0.136. The van der Waals surface area contributed by atoms with Crippen LogP contribution in [0.1, 0.15) is 0 Å². The van der Waals surface area contributed by atoms with Crippen LogP contribution in [0, 0.1) is 0 Å². The van der Waals surface area contributed by atoms with Gasteiger partial charge in [0.2, 0.25) is 0 Å². The molecule has 0 amide bonds. The van der Waals surface area contributed by atoms with Crippen LogP contribution in [0.5, 0.6) is 0 Å². The molecule has 0 bridgehead atoms. The van der Waals surface area contributed by atoms with Crippen LogP contribution < -0.4 is 0 Å². The minimum atomic E-state index is 0.0694. The van der Waals surface area contributed by atoms with Crippen LogP contribution in [-0.4, -0.2) is 59.7 Å². The number of aliphatic hydroxyl groups excluding tert-OH is 3. The summed E-state index contributed by atoms with van der Waals surface area (Å²) in [6.07, 6.45) is 0.